The number of nitrogens with one attached hydrogen (secondary N) is 1. The van der Waals surface area contributed by atoms with Crippen molar-refractivity contribution >= 4 is 21.7 Å². The van der Waals surface area contributed by atoms with Crippen molar-refractivity contribution in [1.29, 1.82) is 0 Å². The highest BCUT2D eigenvalue weighted by Crippen LogP contribution is 2.24. The van der Waals surface area contributed by atoms with Gasteiger partial charge >= 0.3 is 0 Å². The van der Waals surface area contributed by atoms with Gasteiger partial charge in [-0.15, -0.1) is 0 Å². The van der Waals surface area contributed by atoms with E-state index in [1.807, 2.05) is 19.1 Å². The molecule has 0 bridgehead atoms. The summed E-state index contributed by atoms with van der Waals surface area (Å²) in [5.74, 6) is 0.998. The summed E-state index contributed by atoms with van der Waals surface area (Å²) in [6, 6.07) is 4.72. The lowest BCUT2D eigenvalue weighted by atomic mass is 10.4. The largest absolute Gasteiger partial charge is 0.367 e. The number of hydrogen-bond donors (Lipinski definition) is 1. The number of aromatic nitrogens is 1. The van der Waals surface area contributed by atoms with Crippen LogP contribution in [0, 0.1) is 6.92 Å². The van der Waals surface area contributed by atoms with Gasteiger partial charge in [0.2, 0.25) is 0 Å². The molecule has 1 saturated carbocycles. The van der Waals surface area contributed by atoms with Crippen molar-refractivity contribution in [3.05, 3.63) is 22.3 Å². The first-order valence-corrected chi connectivity index (χ1v) is 4.95. The molecule has 12 heavy (non-hydrogen) atoms. The van der Waals surface area contributed by atoms with E-state index in [4.69, 9.17) is 0 Å². The minimum atomic E-state index is 0.679. The predicted molar refractivity (Wildman–Crippen MR) is 53.3 cm³/mol. The molecule has 1 aromatic heterocycles. The van der Waals surface area contributed by atoms with Gasteiger partial charge in [-0.05, 0) is 47.8 Å². The minimum absolute atomic E-state index is 0.679. The zero-order chi connectivity index (χ0) is 8.55. The van der Waals surface area contributed by atoms with Crippen molar-refractivity contribution < 1.29 is 0 Å². The molecule has 0 unspecified atom stereocenters. The third kappa shape index (κ3) is 1.78. The van der Waals surface area contributed by atoms with E-state index in [0.29, 0.717) is 6.04 Å². The number of hydrogen-bond acceptors (Lipinski definition) is 2. The summed E-state index contributed by atoms with van der Waals surface area (Å²) in [6.07, 6.45) is 2.58. The van der Waals surface area contributed by atoms with Gasteiger partial charge < -0.3 is 5.32 Å². The maximum absolute atomic E-state index is 4.39. The number of nitrogens with zero attached hydrogens (tertiary/aromatic N) is 1. The molecule has 1 heterocycles. The summed E-state index contributed by atoms with van der Waals surface area (Å²) < 4.78 is 1.07. The molecule has 0 radical (unpaired) electrons. The van der Waals surface area contributed by atoms with Crippen LogP contribution < -0.4 is 5.32 Å². The maximum Gasteiger partial charge on any atom is 0.126 e. The molecule has 1 aliphatic carbocycles. The van der Waals surface area contributed by atoms with E-state index in [1.54, 1.807) is 0 Å². The Bertz CT molecular complexity index is 295. The van der Waals surface area contributed by atoms with Gasteiger partial charge in [-0.25, -0.2) is 4.98 Å². The molecule has 1 N–H and O–H groups in total. The van der Waals surface area contributed by atoms with Crippen LogP contribution in [0.2, 0.25) is 0 Å². The molecule has 1 fully saturated rings. The van der Waals surface area contributed by atoms with Crippen LogP contribution in [0.1, 0.15) is 18.5 Å². The summed E-state index contributed by atoms with van der Waals surface area (Å²) in [4.78, 5) is 4.39. The number of anilines is 1. The van der Waals surface area contributed by atoms with Crippen molar-refractivity contribution in [1.82, 2.24) is 4.98 Å². The number of pyridine rings is 1. The standard InChI is InChI=1S/C9H11BrN2/c1-6-8(10)4-5-9(11-6)12-7-2-3-7/h4-5,7H,2-3H2,1H3,(H,11,12). The normalized spacial score (nSPS) is 16.2. The highest BCUT2D eigenvalue weighted by molar-refractivity contribution is 9.10. The van der Waals surface area contributed by atoms with Crippen molar-refractivity contribution in [2.45, 2.75) is 25.8 Å². The minimum Gasteiger partial charge on any atom is -0.367 e. The summed E-state index contributed by atoms with van der Waals surface area (Å²) >= 11 is 3.42. The second kappa shape index (κ2) is 3.05. The molecule has 0 atom stereocenters. The molecule has 0 aliphatic heterocycles. The van der Waals surface area contributed by atoms with Crippen LogP contribution in [0.3, 0.4) is 0 Å². The van der Waals surface area contributed by atoms with Crippen LogP contribution in [0.25, 0.3) is 0 Å². The lowest BCUT2D eigenvalue weighted by Crippen LogP contribution is -2.03. The molecule has 2 nitrogen and oxygen atoms in total. The Hall–Kier alpha value is -0.570. The first-order chi connectivity index (χ1) is 5.75. The van der Waals surface area contributed by atoms with Crippen LogP contribution >= 0.6 is 15.9 Å². The Balaban J connectivity index is 2.15. The van der Waals surface area contributed by atoms with Crippen molar-refractivity contribution in [2.24, 2.45) is 0 Å². The van der Waals surface area contributed by atoms with Gasteiger partial charge in [-0.3, -0.25) is 0 Å². The third-order valence-electron chi connectivity index (χ3n) is 1.95. The number of aryl methyl sites for hydroxylation is 1. The Labute approximate surface area is 80.5 Å². The molecule has 64 valence electrons. The highest BCUT2D eigenvalue weighted by Gasteiger charge is 2.21. The Morgan fingerprint density at radius 2 is 2.25 bits per heavy atom. The fourth-order valence-corrected chi connectivity index (χ4v) is 1.28. The van der Waals surface area contributed by atoms with E-state index < -0.39 is 0 Å². The van der Waals surface area contributed by atoms with Crippen LogP contribution in [0.15, 0.2) is 16.6 Å². The van der Waals surface area contributed by atoms with Gasteiger partial charge in [0.1, 0.15) is 5.82 Å². The zero-order valence-corrected chi connectivity index (χ0v) is 8.56. The third-order valence-corrected chi connectivity index (χ3v) is 2.79. The average Bonchev–Trinajstić information content (AvgIpc) is 2.81. The van der Waals surface area contributed by atoms with Gasteiger partial charge in [-0.1, -0.05) is 0 Å². The van der Waals surface area contributed by atoms with E-state index in [0.717, 1.165) is 16.0 Å². The van der Waals surface area contributed by atoms with Crippen molar-refractivity contribution in [3.8, 4) is 0 Å². The molecular weight excluding hydrogens is 216 g/mol. The van der Waals surface area contributed by atoms with Crippen molar-refractivity contribution in [2.75, 3.05) is 5.32 Å². The molecule has 3 heteroatoms. The summed E-state index contributed by atoms with van der Waals surface area (Å²) in [5.41, 5.74) is 1.04. The Kier molecular flexibility index (Phi) is 2.05. The van der Waals surface area contributed by atoms with Gasteiger partial charge in [0, 0.05) is 10.5 Å². The fraction of sp³-hybridized carbons (Fsp3) is 0.444. The van der Waals surface area contributed by atoms with Gasteiger partial charge in [0.15, 0.2) is 0 Å². The summed E-state index contributed by atoms with van der Waals surface area (Å²) in [5, 5.41) is 3.35. The Morgan fingerprint density at radius 3 is 2.83 bits per heavy atom. The molecule has 2 rings (SSSR count). The predicted octanol–water partition coefficient (Wildman–Crippen LogP) is 2.73. The maximum atomic E-state index is 4.39. The van der Waals surface area contributed by atoms with E-state index >= 15 is 0 Å². The number of rotatable bonds is 2. The zero-order valence-electron chi connectivity index (χ0n) is 6.97. The van der Waals surface area contributed by atoms with E-state index in [9.17, 15) is 0 Å². The van der Waals surface area contributed by atoms with E-state index in [-0.39, 0.29) is 0 Å². The first kappa shape index (κ1) is 8.05. The molecular formula is C9H11BrN2. The highest BCUT2D eigenvalue weighted by atomic mass is 79.9. The topological polar surface area (TPSA) is 24.9 Å². The van der Waals surface area contributed by atoms with Crippen LogP contribution in [-0.4, -0.2) is 11.0 Å². The second-order valence-corrected chi connectivity index (χ2v) is 4.04. The van der Waals surface area contributed by atoms with Crippen molar-refractivity contribution in [3.63, 3.8) is 0 Å². The van der Waals surface area contributed by atoms with Gasteiger partial charge in [0.05, 0.1) is 5.69 Å². The average molecular weight is 227 g/mol. The quantitative estimate of drug-likeness (QED) is 0.840. The van der Waals surface area contributed by atoms with E-state index in [1.165, 1.54) is 12.8 Å². The summed E-state index contributed by atoms with van der Waals surface area (Å²) in [7, 11) is 0. The summed E-state index contributed by atoms with van der Waals surface area (Å²) in [6.45, 7) is 2.00. The SMILES string of the molecule is Cc1nc(NC2CC2)ccc1Br. The number of halogens is 1. The fourth-order valence-electron chi connectivity index (χ4n) is 1.06. The van der Waals surface area contributed by atoms with Crippen LogP contribution in [0.4, 0.5) is 5.82 Å². The van der Waals surface area contributed by atoms with Crippen LogP contribution in [0.5, 0.6) is 0 Å². The smallest absolute Gasteiger partial charge is 0.126 e. The van der Waals surface area contributed by atoms with Gasteiger partial charge in [-0.2, -0.15) is 0 Å². The van der Waals surface area contributed by atoms with Gasteiger partial charge in [0.25, 0.3) is 0 Å². The Morgan fingerprint density at radius 1 is 1.50 bits per heavy atom. The molecule has 1 aliphatic rings. The van der Waals surface area contributed by atoms with E-state index in [2.05, 4.69) is 26.2 Å². The lowest BCUT2D eigenvalue weighted by molar-refractivity contribution is 1.08. The lowest BCUT2D eigenvalue weighted by Gasteiger charge is -2.04. The monoisotopic (exact) mass is 226 g/mol. The molecule has 0 saturated heterocycles. The second-order valence-electron chi connectivity index (χ2n) is 3.18. The molecule has 0 spiro atoms. The first-order valence-electron chi connectivity index (χ1n) is 4.15. The molecule has 0 amide bonds. The molecule has 0 aromatic carbocycles. The van der Waals surface area contributed by atoms with Crippen LogP contribution in [-0.2, 0) is 0 Å². The molecule has 1 aromatic rings.